The van der Waals surface area contributed by atoms with Gasteiger partial charge in [-0.1, -0.05) is 34.1 Å². The van der Waals surface area contributed by atoms with Crippen LogP contribution < -0.4 is 0 Å². The van der Waals surface area contributed by atoms with E-state index in [2.05, 4.69) is 26.1 Å². The van der Waals surface area contributed by atoms with E-state index < -0.39 is 0 Å². The predicted molar refractivity (Wildman–Crippen MR) is 118 cm³/mol. The number of carbonyl (C=O) groups is 1. The zero-order valence-corrected chi connectivity index (χ0v) is 17.7. The van der Waals surface area contributed by atoms with E-state index in [1.807, 2.05) is 53.9 Å². The minimum absolute atomic E-state index is 0.105. The molecule has 1 aliphatic rings. The van der Waals surface area contributed by atoms with Crippen molar-refractivity contribution < 1.29 is 9.21 Å². The van der Waals surface area contributed by atoms with E-state index in [0.717, 1.165) is 14.9 Å². The monoisotopic (exact) mass is 471 g/mol. The molecule has 0 unspecified atom stereocenters. The van der Waals surface area contributed by atoms with Crippen LogP contribution in [0.3, 0.4) is 0 Å². The lowest BCUT2D eigenvalue weighted by molar-refractivity contribution is -0.122. The number of nitrogens with zero attached hydrogens (tertiary/aromatic N) is 3. The van der Waals surface area contributed by atoms with Crippen molar-refractivity contribution in [2.45, 2.75) is 6.54 Å². The summed E-state index contributed by atoms with van der Waals surface area (Å²) in [5.74, 6) is 0.584. The fourth-order valence-electron chi connectivity index (χ4n) is 2.51. The van der Waals surface area contributed by atoms with Crippen LogP contribution in [-0.4, -0.2) is 22.2 Å². The van der Waals surface area contributed by atoms with E-state index in [4.69, 9.17) is 4.42 Å². The number of thioether (sulfide) groups is 1. The number of rotatable bonds is 5. The Bertz CT molecular complexity index is 1060. The molecule has 0 radical (unpaired) electrons. The summed E-state index contributed by atoms with van der Waals surface area (Å²) in [6.07, 6.45) is 5.13. The molecular formula is C20H14BrN3O2S2. The Hall–Kier alpha value is -2.42. The lowest BCUT2D eigenvalue weighted by Crippen LogP contribution is -2.28. The Morgan fingerprint density at radius 3 is 2.86 bits per heavy atom. The van der Waals surface area contributed by atoms with Crippen LogP contribution in [0, 0.1) is 0 Å². The van der Waals surface area contributed by atoms with Gasteiger partial charge < -0.3 is 4.42 Å². The van der Waals surface area contributed by atoms with E-state index in [1.54, 1.807) is 34.8 Å². The minimum Gasteiger partial charge on any atom is -0.467 e. The van der Waals surface area contributed by atoms with E-state index in [0.29, 0.717) is 22.4 Å². The third kappa shape index (κ3) is 4.52. The summed E-state index contributed by atoms with van der Waals surface area (Å²) in [5, 5.41) is 11.0. The normalized spacial score (nSPS) is 17.5. The highest BCUT2D eigenvalue weighted by molar-refractivity contribution is 9.10. The quantitative estimate of drug-likeness (QED) is 0.276. The van der Waals surface area contributed by atoms with E-state index >= 15 is 0 Å². The number of halogens is 1. The average molecular weight is 472 g/mol. The van der Waals surface area contributed by atoms with Crippen LogP contribution in [0.25, 0.3) is 6.08 Å². The van der Waals surface area contributed by atoms with Crippen LogP contribution >= 0.6 is 39.0 Å². The second-order valence-corrected chi connectivity index (χ2v) is 8.68. The number of hydrogen-bond acceptors (Lipinski definition) is 6. The van der Waals surface area contributed by atoms with Gasteiger partial charge in [-0.25, -0.2) is 0 Å². The first kappa shape index (κ1) is 18.9. The number of carbonyl (C=O) groups excluding carboxylic acids is 1. The van der Waals surface area contributed by atoms with Crippen molar-refractivity contribution in [1.29, 1.82) is 0 Å². The summed E-state index contributed by atoms with van der Waals surface area (Å²) in [7, 11) is 0. The largest absolute Gasteiger partial charge is 0.467 e. The van der Waals surface area contributed by atoms with Gasteiger partial charge in [-0.15, -0.1) is 16.4 Å². The average Bonchev–Trinajstić information content (AvgIpc) is 3.42. The molecule has 28 heavy (non-hydrogen) atoms. The molecule has 140 valence electrons. The van der Waals surface area contributed by atoms with E-state index in [1.165, 1.54) is 11.8 Å². The second-order valence-electron chi connectivity index (χ2n) is 5.78. The van der Waals surface area contributed by atoms with Gasteiger partial charge in [0.15, 0.2) is 5.17 Å². The van der Waals surface area contributed by atoms with Crippen molar-refractivity contribution in [2.75, 3.05) is 0 Å². The molecule has 1 saturated heterocycles. The highest BCUT2D eigenvalue weighted by Crippen LogP contribution is 2.34. The first-order valence-electron chi connectivity index (χ1n) is 8.33. The molecule has 4 rings (SSSR count). The number of hydrogen-bond donors (Lipinski definition) is 0. The summed E-state index contributed by atoms with van der Waals surface area (Å²) in [6, 6.07) is 15.3. The third-order valence-electron chi connectivity index (χ3n) is 3.80. The number of amides is 1. The van der Waals surface area contributed by atoms with Crippen molar-refractivity contribution >= 4 is 62.4 Å². The summed E-state index contributed by atoms with van der Waals surface area (Å²) < 4.78 is 6.37. The van der Waals surface area contributed by atoms with Crippen LogP contribution in [0.2, 0.25) is 0 Å². The summed E-state index contributed by atoms with van der Waals surface area (Å²) in [4.78, 5) is 16.1. The molecule has 8 heteroatoms. The molecule has 0 N–H and O–H groups in total. The molecule has 0 saturated carbocycles. The van der Waals surface area contributed by atoms with Crippen molar-refractivity contribution in [3.63, 3.8) is 0 Å². The summed E-state index contributed by atoms with van der Waals surface area (Å²) in [6.45, 7) is 0.311. The number of amidine groups is 1. The van der Waals surface area contributed by atoms with E-state index in [9.17, 15) is 4.79 Å². The Balaban J connectivity index is 1.61. The smallest absolute Gasteiger partial charge is 0.267 e. The van der Waals surface area contributed by atoms with Gasteiger partial charge >= 0.3 is 0 Å². The first-order chi connectivity index (χ1) is 13.7. The summed E-state index contributed by atoms with van der Waals surface area (Å²) >= 11 is 6.33. The van der Waals surface area contributed by atoms with Crippen LogP contribution in [0.15, 0.2) is 84.2 Å². The molecule has 0 atom stereocenters. The van der Waals surface area contributed by atoms with Gasteiger partial charge in [0.25, 0.3) is 5.91 Å². The molecule has 0 spiro atoms. The molecule has 0 aliphatic carbocycles. The molecule has 3 heterocycles. The Morgan fingerprint density at radius 1 is 1.18 bits per heavy atom. The lowest BCUT2D eigenvalue weighted by atomic mass is 10.2. The minimum atomic E-state index is -0.105. The Labute approximate surface area is 178 Å². The zero-order chi connectivity index (χ0) is 19.3. The Kier molecular flexibility index (Phi) is 5.90. The van der Waals surface area contributed by atoms with Crippen molar-refractivity contribution in [3.8, 4) is 0 Å². The number of thiophene rings is 1. The van der Waals surface area contributed by atoms with Crippen LogP contribution in [0.4, 0.5) is 0 Å². The summed E-state index contributed by atoms with van der Waals surface area (Å²) in [5.41, 5.74) is 0.917. The van der Waals surface area contributed by atoms with Gasteiger partial charge in [-0.3, -0.25) is 9.69 Å². The number of furan rings is 1. The molecule has 2 aromatic heterocycles. The molecule has 3 aromatic rings. The molecule has 1 amide bonds. The van der Waals surface area contributed by atoms with Gasteiger partial charge in [0, 0.05) is 9.35 Å². The van der Waals surface area contributed by atoms with Crippen molar-refractivity contribution in [3.05, 3.63) is 85.8 Å². The standard InChI is InChI=1S/C20H14BrN3O2S2/c21-15-5-1-4-14(10-15)12-22-23-20-24(13-16-6-2-8-26-16)19(25)18(28-20)11-17-7-3-9-27-17/h1-12H,13H2/b18-11-,22-12-,23-20+. The predicted octanol–water partition coefficient (Wildman–Crippen LogP) is 5.61. The molecule has 1 aromatic carbocycles. The highest BCUT2D eigenvalue weighted by atomic mass is 79.9. The molecular weight excluding hydrogens is 458 g/mol. The van der Waals surface area contributed by atoms with Crippen LogP contribution in [0.5, 0.6) is 0 Å². The second kappa shape index (κ2) is 8.72. The van der Waals surface area contributed by atoms with Gasteiger partial charge in [0.05, 0.1) is 23.9 Å². The maximum absolute atomic E-state index is 12.9. The third-order valence-corrected chi connectivity index (χ3v) is 6.11. The molecule has 1 fully saturated rings. The Morgan fingerprint density at radius 2 is 2.11 bits per heavy atom. The topological polar surface area (TPSA) is 58.2 Å². The first-order valence-corrected chi connectivity index (χ1v) is 10.8. The maximum atomic E-state index is 12.9. The van der Waals surface area contributed by atoms with Crippen molar-refractivity contribution in [2.24, 2.45) is 10.2 Å². The SMILES string of the molecule is O=C1/C(=C/c2cccs2)S/C(=N/N=C\c2cccc(Br)c2)N1Cc1ccco1. The fourth-order valence-corrected chi connectivity index (χ4v) is 4.59. The van der Waals surface area contributed by atoms with Crippen molar-refractivity contribution in [1.82, 2.24) is 4.90 Å². The molecule has 1 aliphatic heterocycles. The van der Waals surface area contributed by atoms with Gasteiger partial charge in [-0.05, 0) is 59.1 Å². The van der Waals surface area contributed by atoms with E-state index in [-0.39, 0.29) is 5.91 Å². The zero-order valence-electron chi connectivity index (χ0n) is 14.5. The van der Waals surface area contributed by atoms with Crippen LogP contribution in [-0.2, 0) is 11.3 Å². The van der Waals surface area contributed by atoms with Gasteiger partial charge in [0.1, 0.15) is 5.76 Å². The maximum Gasteiger partial charge on any atom is 0.267 e. The van der Waals surface area contributed by atoms with Crippen LogP contribution in [0.1, 0.15) is 16.2 Å². The lowest BCUT2D eigenvalue weighted by Gasteiger charge is -2.12. The highest BCUT2D eigenvalue weighted by Gasteiger charge is 2.34. The molecule has 0 bridgehead atoms. The van der Waals surface area contributed by atoms with Gasteiger partial charge in [0.2, 0.25) is 0 Å². The van der Waals surface area contributed by atoms with Gasteiger partial charge in [-0.2, -0.15) is 5.10 Å². The molecule has 5 nitrogen and oxygen atoms in total. The fraction of sp³-hybridized carbons (Fsp3) is 0.0500. The number of benzene rings is 1.